The van der Waals surface area contributed by atoms with Crippen molar-refractivity contribution < 1.29 is 4.79 Å². The Labute approximate surface area is 115 Å². The summed E-state index contributed by atoms with van der Waals surface area (Å²) in [6, 6.07) is 10.8. The minimum absolute atomic E-state index is 0.289. The van der Waals surface area contributed by atoms with Crippen LogP contribution in [0.15, 0.2) is 30.3 Å². The van der Waals surface area contributed by atoms with E-state index in [0.29, 0.717) is 6.04 Å². The normalized spacial score (nSPS) is 16.5. The van der Waals surface area contributed by atoms with E-state index in [1.54, 1.807) is 4.90 Å². The van der Waals surface area contributed by atoms with Crippen LogP contribution in [-0.2, 0) is 6.42 Å². The zero-order chi connectivity index (χ0) is 13.5. The smallest absolute Gasteiger partial charge is 0.314 e. The Morgan fingerprint density at radius 1 is 1.26 bits per heavy atom. The summed E-state index contributed by atoms with van der Waals surface area (Å²) >= 11 is 0. The highest BCUT2D eigenvalue weighted by Gasteiger charge is 2.20. The van der Waals surface area contributed by atoms with Gasteiger partial charge in [-0.15, -0.1) is 0 Å². The fourth-order valence-electron chi connectivity index (χ4n) is 2.55. The summed E-state index contributed by atoms with van der Waals surface area (Å²) in [4.78, 5) is 12.7. The van der Waals surface area contributed by atoms with Crippen molar-refractivity contribution in [2.24, 2.45) is 5.73 Å². The molecule has 1 aliphatic rings. The lowest BCUT2D eigenvalue weighted by atomic mass is 10.0. The van der Waals surface area contributed by atoms with Gasteiger partial charge >= 0.3 is 6.03 Å². The van der Waals surface area contributed by atoms with Gasteiger partial charge in [0, 0.05) is 19.1 Å². The first-order chi connectivity index (χ1) is 9.25. The molecule has 0 bridgehead atoms. The monoisotopic (exact) mass is 261 g/mol. The standard InChI is InChI=1S/C15H23N3O/c16-15(19)18-11-8-14(9-12-18)17-10-4-7-13-5-2-1-3-6-13/h1-3,5-6,14,17H,4,7-12H2,(H2,16,19). The van der Waals surface area contributed by atoms with Crippen LogP contribution in [0.5, 0.6) is 0 Å². The molecule has 3 N–H and O–H groups in total. The van der Waals surface area contributed by atoms with Crippen LogP contribution in [0.3, 0.4) is 0 Å². The molecular weight excluding hydrogens is 238 g/mol. The minimum atomic E-state index is -0.289. The Kier molecular flexibility index (Phi) is 5.21. The highest BCUT2D eigenvalue weighted by molar-refractivity contribution is 5.72. The minimum Gasteiger partial charge on any atom is -0.351 e. The number of carbonyl (C=O) groups is 1. The molecule has 0 saturated carbocycles. The van der Waals surface area contributed by atoms with Gasteiger partial charge in [-0.05, 0) is 37.8 Å². The number of likely N-dealkylation sites (tertiary alicyclic amines) is 1. The first-order valence-corrected chi connectivity index (χ1v) is 7.07. The Morgan fingerprint density at radius 2 is 1.95 bits per heavy atom. The molecule has 4 nitrogen and oxygen atoms in total. The van der Waals surface area contributed by atoms with Gasteiger partial charge in [-0.3, -0.25) is 0 Å². The maximum Gasteiger partial charge on any atom is 0.314 e. The Balaban J connectivity index is 1.58. The molecule has 104 valence electrons. The quantitative estimate of drug-likeness (QED) is 0.793. The fraction of sp³-hybridized carbons (Fsp3) is 0.533. The van der Waals surface area contributed by atoms with E-state index >= 15 is 0 Å². The molecule has 1 aliphatic heterocycles. The van der Waals surface area contributed by atoms with Crippen LogP contribution in [-0.4, -0.2) is 36.6 Å². The summed E-state index contributed by atoms with van der Waals surface area (Å²) in [6.45, 7) is 2.60. The lowest BCUT2D eigenvalue weighted by Crippen LogP contribution is -2.47. The predicted octanol–water partition coefficient (Wildman–Crippen LogP) is 1.75. The number of amides is 2. The summed E-state index contributed by atoms with van der Waals surface area (Å²) in [5.74, 6) is 0. The van der Waals surface area contributed by atoms with Gasteiger partial charge < -0.3 is 16.0 Å². The van der Waals surface area contributed by atoms with Crippen LogP contribution in [0, 0.1) is 0 Å². The van der Waals surface area contributed by atoms with Crippen molar-refractivity contribution in [2.45, 2.75) is 31.7 Å². The van der Waals surface area contributed by atoms with Gasteiger partial charge in [-0.2, -0.15) is 0 Å². The summed E-state index contributed by atoms with van der Waals surface area (Å²) in [5.41, 5.74) is 6.66. The number of piperidine rings is 1. The molecule has 1 saturated heterocycles. The Hall–Kier alpha value is -1.55. The molecule has 0 aromatic heterocycles. The number of benzene rings is 1. The SMILES string of the molecule is NC(=O)N1CCC(NCCCc2ccccc2)CC1. The maximum atomic E-state index is 11.0. The van der Waals surface area contributed by atoms with Crippen molar-refractivity contribution in [3.8, 4) is 0 Å². The molecule has 0 aliphatic carbocycles. The molecule has 1 heterocycles. The third-order valence-electron chi connectivity index (χ3n) is 3.72. The Bertz CT molecular complexity index is 386. The molecule has 0 unspecified atom stereocenters. The lowest BCUT2D eigenvalue weighted by molar-refractivity contribution is 0.185. The third kappa shape index (κ3) is 4.56. The second-order valence-corrected chi connectivity index (χ2v) is 5.14. The Morgan fingerprint density at radius 3 is 2.58 bits per heavy atom. The number of urea groups is 1. The van der Waals surface area contributed by atoms with Crippen LogP contribution in [0.1, 0.15) is 24.8 Å². The number of hydrogen-bond donors (Lipinski definition) is 2. The number of aryl methyl sites for hydroxylation is 1. The van der Waals surface area contributed by atoms with E-state index in [4.69, 9.17) is 5.73 Å². The highest BCUT2D eigenvalue weighted by atomic mass is 16.2. The highest BCUT2D eigenvalue weighted by Crippen LogP contribution is 2.10. The summed E-state index contributed by atoms with van der Waals surface area (Å²) in [7, 11) is 0. The van der Waals surface area contributed by atoms with E-state index in [1.165, 1.54) is 5.56 Å². The van der Waals surface area contributed by atoms with Crippen LogP contribution in [0.4, 0.5) is 4.79 Å². The number of nitrogens with two attached hydrogens (primary N) is 1. The van der Waals surface area contributed by atoms with Crippen LogP contribution in [0.25, 0.3) is 0 Å². The van der Waals surface area contributed by atoms with E-state index in [-0.39, 0.29) is 6.03 Å². The van der Waals surface area contributed by atoms with Gasteiger partial charge in [-0.25, -0.2) is 4.79 Å². The van der Waals surface area contributed by atoms with Crippen LogP contribution >= 0.6 is 0 Å². The van der Waals surface area contributed by atoms with Crippen molar-refractivity contribution >= 4 is 6.03 Å². The average Bonchev–Trinajstić information content (AvgIpc) is 2.45. The molecule has 1 aromatic carbocycles. The molecule has 0 atom stereocenters. The number of nitrogens with one attached hydrogen (secondary N) is 1. The van der Waals surface area contributed by atoms with Gasteiger partial charge in [0.15, 0.2) is 0 Å². The van der Waals surface area contributed by atoms with E-state index in [9.17, 15) is 4.79 Å². The first kappa shape index (κ1) is 13.9. The molecule has 0 radical (unpaired) electrons. The number of nitrogens with zero attached hydrogens (tertiary/aromatic N) is 1. The number of carbonyl (C=O) groups excluding carboxylic acids is 1. The zero-order valence-corrected chi connectivity index (χ0v) is 11.3. The summed E-state index contributed by atoms with van der Waals surface area (Å²) < 4.78 is 0. The lowest BCUT2D eigenvalue weighted by Gasteiger charge is -2.31. The molecule has 19 heavy (non-hydrogen) atoms. The molecule has 1 aromatic rings. The second kappa shape index (κ2) is 7.14. The van der Waals surface area contributed by atoms with Crippen molar-refractivity contribution in [3.63, 3.8) is 0 Å². The van der Waals surface area contributed by atoms with Gasteiger partial charge in [0.1, 0.15) is 0 Å². The third-order valence-corrected chi connectivity index (χ3v) is 3.72. The predicted molar refractivity (Wildman–Crippen MR) is 76.9 cm³/mol. The van der Waals surface area contributed by atoms with E-state index in [1.807, 2.05) is 6.07 Å². The molecule has 1 fully saturated rings. The molecule has 2 amide bonds. The summed E-state index contributed by atoms with van der Waals surface area (Å²) in [6.07, 6.45) is 4.29. The largest absolute Gasteiger partial charge is 0.351 e. The van der Waals surface area contributed by atoms with E-state index < -0.39 is 0 Å². The average molecular weight is 261 g/mol. The molecule has 4 heteroatoms. The van der Waals surface area contributed by atoms with Crippen molar-refractivity contribution in [1.29, 1.82) is 0 Å². The van der Waals surface area contributed by atoms with Gasteiger partial charge in [0.05, 0.1) is 0 Å². The van der Waals surface area contributed by atoms with Gasteiger partial charge in [0.25, 0.3) is 0 Å². The van der Waals surface area contributed by atoms with Crippen LogP contribution < -0.4 is 11.1 Å². The number of rotatable bonds is 5. The number of hydrogen-bond acceptors (Lipinski definition) is 2. The summed E-state index contributed by atoms with van der Waals surface area (Å²) in [5, 5.41) is 3.57. The fourth-order valence-corrected chi connectivity index (χ4v) is 2.55. The molecule has 2 rings (SSSR count). The van der Waals surface area contributed by atoms with Crippen molar-refractivity contribution in [1.82, 2.24) is 10.2 Å². The van der Waals surface area contributed by atoms with Crippen LogP contribution in [0.2, 0.25) is 0 Å². The van der Waals surface area contributed by atoms with Crippen molar-refractivity contribution in [3.05, 3.63) is 35.9 Å². The topological polar surface area (TPSA) is 58.4 Å². The first-order valence-electron chi connectivity index (χ1n) is 7.07. The van der Waals surface area contributed by atoms with Gasteiger partial charge in [0.2, 0.25) is 0 Å². The van der Waals surface area contributed by atoms with Crippen molar-refractivity contribution in [2.75, 3.05) is 19.6 Å². The molecule has 0 spiro atoms. The number of primary amides is 1. The zero-order valence-electron chi connectivity index (χ0n) is 11.3. The van der Waals surface area contributed by atoms with E-state index in [0.717, 1.165) is 45.3 Å². The second-order valence-electron chi connectivity index (χ2n) is 5.14. The van der Waals surface area contributed by atoms with E-state index in [2.05, 4.69) is 29.6 Å². The van der Waals surface area contributed by atoms with Gasteiger partial charge in [-0.1, -0.05) is 30.3 Å². The molecular formula is C15H23N3O. The maximum absolute atomic E-state index is 11.0.